The Bertz CT molecular complexity index is 221. The average Bonchev–Trinajstić information content (AvgIpc) is 2.06. The average molecular weight is 180 g/mol. The van der Waals surface area contributed by atoms with Gasteiger partial charge in [0.2, 0.25) is 0 Å². The highest BCUT2D eigenvalue weighted by molar-refractivity contribution is 6.51. The summed E-state index contributed by atoms with van der Waals surface area (Å²) in [7, 11) is -1.50. The molecule has 0 aliphatic heterocycles. The lowest BCUT2D eigenvalue weighted by Gasteiger charge is -2.11. The summed E-state index contributed by atoms with van der Waals surface area (Å²) in [5.41, 5.74) is 1.75. The summed E-state index contributed by atoms with van der Waals surface area (Å²) in [6, 6.07) is 11.1. The van der Waals surface area contributed by atoms with Gasteiger partial charge in [-0.25, -0.2) is 0 Å². The van der Waals surface area contributed by atoms with Gasteiger partial charge in [0, 0.05) is 0 Å². The lowest BCUT2D eigenvalue weighted by atomic mass is 10.2. The molecular formula is C10H16OSi. The SMILES string of the molecule is CC(C)[SiH](O)Cc1ccccc1. The van der Waals surface area contributed by atoms with Crippen LogP contribution in [0.1, 0.15) is 19.4 Å². The maximum absolute atomic E-state index is 9.72. The fourth-order valence-corrected chi connectivity index (χ4v) is 2.32. The van der Waals surface area contributed by atoms with E-state index in [-0.39, 0.29) is 0 Å². The van der Waals surface area contributed by atoms with Gasteiger partial charge in [0.05, 0.1) is 0 Å². The maximum Gasteiger partial charge on any atom is 0.179 e. The van der Waals surface area contributed by atoms with E-state index in [9.17, 15) is 4.80 Å². The summed E-state index contributed by atoms with van der Waals surface area (Å²) >= 11 is 0. The highest BCUT2D eigenvalue weighted by atomic mass is 28.3. The minimum atomic E-state index is -1.50. The van der Waals surface area contributed by atoms with Crippen LogP contribution in [0.4, 0.5) is 0 Å². The Morgan fingerprint density at radius 1 is 1.25 bits per heavy atom. The molecule has 0 fully saturated rings. The number of hydrogen-bond donors (Lipinski definition) is 1. The first kappa shape index (κ1) is 9.48. The fourth-order valence-electron chi connectivity index (χ4n) is 1.09. The lowest BCUT2D eigenvalue weighted by Crippen LogP contribution is -2.20. The first-order valence-corrected chi connectivity index (χ1v) is 6.42. The number of benzene rings is 1. The topological polar surface area (TPSA) is 20.2 Å². The van der Waals surface area contributed by atoms with Crippen molar-refractivity contribution >= 4 is 9.04 Å². The molecule has 0 amide bonds. The summed E-state index contributed by atoms with van der Waals surface area (Å²) in [4.78, 5) is 9.72. The first-order chi connectivity index (χ1) is 5.70. The van der Waals surface area contributed by atoms with Gasteiger partial charge < -0.3 is 4.80 Å². The van der Waals surface area contributed by atoms with Crippen LogP contribution in [0.15, 0.2) is 30.3 Å². The molecular weight excluding hydrogens is 164 g/mol. The second kappa shape index (κ2) is 4.43. The van der Waals surface area contributed by atoms with E-state index in [4.69, 9.17) is 0 Å². The molecule has 0 saturated carbocycles. The Labute approximate surface area is 75.8 Å². The predicted molar refractivity (Wildman–Crippen MR) is 54.6 cm³/mol. The second-order valence-electron chi connectivity index (χ2n) is 3.50. The van der Waals surface area contributed by atoms with Crippen molar-refractivity contribution in [1.82, 2.24) is 0 Å². The normalized spacial score (nSPS) is 13.3. The third-order valence-electron chi connectivity index (χ3n) is 2.06. The third kappa shape index (κ3) is 2.79. The Hall–Kier alpha value is -0.603. The van der Waals surface area contributed by atoms with Gasteiger partial charge in [-0.1, -0.05) is 44.2 Å². The van der Waals surface area contributed by atoms with E-state index in [1.54, 1.807) is 0 Å². The van der Waals surface area contributed by atoms with Crippen molar-refractivity contribution < 1.29 is 4.80 Å². The molecule has 0 heterocycles. The summed E-state index contributed by atoms with van der Waals surface area (Å²) in [5.74, 6) is 0. The Balaban J connectivity index is 2.53. The van der Waals surface area contributed by atoms with Gasteiger partial charge in [0.15, 0.2) is 9.04 Å². The van der Waals surface area contributed by atoms with Crippen LogP contribution in [-0.2, 0) is 6.04 Å². The van der Waals surface area contributed by atoms with Crippen molar-refractivity contribution in [2.24, 2.45) is 0 Å². The van der Waals surface area contributed by atoms with Crippen LogP contribution in [-0.4, -0.2) is 13.8 Å². The number of rotatable bonds is 3. The van der Waals surface area contributed by atoms with E-state index < -0.39 is 9.04 Å². The van der Waals surface area contributed by atoms with Crippen molar-refractivity contribution in [3.8, 4) is 0 Å². The standard InChI is InChI=1S/C10H16OSi/c1-9(2)12(11)8-10-6-4-3-5-7-10/h3-7,9,11-12H,8H2,1-2H3. The first-order valence-electron chi connectivity index (χ1n) is 4.42. The monoisotopic (exact) mass is 180 g/mol. The fraction of sp³-hybridized carbons (Fsp3) is 0.400. The lowest BCUT2D eigenvalue weighted by molar-refractivity contribution is 0.551. The van der Waals surface area contributed by atoms with Gasteiger partial charge >= 0.3 is 0 Å². The molecule has 0 bridgehead atoms. The molecule has 1 rings (SSSR count). The van der Waals surface area contributed by atoms with Gasteiger partial charge in [-0.2, -0.15) is 0 Å². The molecule has 1 aromatic rings. The van der Waals surface area contributed by atoms with E-state index in [0.29, 0.717) is 5.54 Å². The van der Waals surface area contributed by atoms with Crippen molar-refractivity contribution in [2.75, 3.05) is 0 Å². The quantitative estimate of drug-likeness (QED) is 0.704. The molecule has 1 N–H and O–H groups in total. The molecule has 0 aromatic heterocycles. The van der Waals surface area contributed by atoms with E-state index in [1.165, 1.54) is 5.56 Å². The molecule has 0 aliphatic carbocycles. The van der Waals surface area contributed by atoms with Gasteiger partial charge in [0.25, 0.3) is 0 Å². The molecule has 0 spiro atoms. The van der Waals surface area contributed by atoms with E-state index >= 15 is 0 Å². The molecule has 0 saturated heterocycles. The van der Waals surface area contributed by atoms with Crippen LogP contribution in [0.25, 0.3) is 0 Å². The van der Waals surface area contributed by atoms with Crippen LogP contribution in [0.3, 0.4) is 0 Å². The molecule has 0 aliphatic rings. The van der Waals surface area contributed by atoms with Gasteiger partial charge in [0.1, 0.15) is 0 Å². The smallest absolute Gasteiger partial charge is 0.179 e. The highest BCUT2D eigenvalue weighted by Crippen LogP contribution is 2.10. The molecule has 1 nitrogen and oxygen atoms in total. The Kier molecular flexibility index (Phi) is 3.50. The van der Waals surface area contributed by atoms with Crippen molar-refractivity contribution in [3.05, 3.63) is 35.9 Å². The van der Waals surface area contributed by atoms with E-state index in [2.05, 4.69) is 26.0 Å². The van der Waals surface area contributed by atoms with Gasteiger partial charge in [-0.05, 0) is 17.1 Å². The summed E-state index contributed by atoms with van der Waals surface area (Å²) in [6.45, 7) is 4.19. The van der Waals surface area contributed by atoms with Crippen LogP contribution in [0.2, 0.25) is 5.54 Å². The summed E-state index contributed by atoms with van der Waals surface area (Å²) in [5, 5.41) is 0. The van der Waals surface area contributed by atoms with Gasteiger partial charge in [-0.3, -0.25) is 0 Å². The zero-order valence-corrected chi connectivity index (χ0v) is 8.85. The largest absolute Gasteiger partial charge is 0.434 e. The summed E-state index contributed by atoms with van der Waals surface area (Å²) in [6.07, 6.45) is 0. The van der Waals surface area contributed by atoms with Crippen molar-refractivity contribution in [1.29, 1.82) is 0 Å². The zero-order chi connectivity index (χ0) is 8.97. The highest BCUT2D eigenvalue weighted by Gasteiger charge is 2.11. The minimum absolute atomic E-state index is 0.477. The molecule has 1 aromatic carbocycles. The molecule has 66 valence electrons. The predicted octanol–water partition coefficient (Wildman–Crippen LogP) is 1.89. The third-order valence-corrected chi connectivity index (χ3v) is 4.49. The van der Waals surface area contributed by atoms with Gasteiger partial charge in [-0.15, -0.1) is 0 Å². The minimum Gasteiger partial charge on any atom is -0.434 e. The Morgan fingerprint density at radius 2 is 1.83 bits per heavy atom. The molecule has 1 atom stereocenters. The molecule has 2 heteroatoms. The van der Waals surface area contributed by atoms with Crippen LogP contribution in [0.5, 0.6) is 0 Å². The van der Waals surface area contributed by atoms with Crippen LogP contribution < -0.4 is 0 Å². The maximum atomic E-state index is 9.72. The van der Waals surface area contributed by atoms with Crippen LogP contribution in [0, 0.1) is 0 Å². The summed E-state index contributed by atoms with van der Waals surface area (Å²) < 4.78 is 0. The van der Waals surface area contributed by atoms with Crippen molar-refractivity contribution in [2.45, 2.75) is 25.4 Å². The van der Waals surface area contributed by atoms with Crippen molar-refractivity contribution in [3.63, 3.8) is 0 Å². The zero-order valence-electron chi connectivity index (χ0n) is 7.70. The Morgan fingerprint density at radius 3 is 2.33 bits per heavy atom. The molecule has 12 heavy (non-hydrogen) atoms. The second-order valence-corrected chi connectivity index (χ2v) is 6.38. The molecule has 0 radical (unpaired) electrons. The number of hydrogen-bond acceptors (Lipinski definition) is 1. The van der Waals surface area contributed by atoms with Crippen LogP contribution >= 0.6 is 0 Å². The molecule has 1 unspecified atom stereocenters. The van der Waals surface area contributed by atoms with E-state index in [1.807, 2.05) is 18.2 Å². The van der Waals surface area contributed by atoms with E-state index in [0.717, 1.165) is 6.04 Å².